The number of ether oxygens (including phenoxy) is 4. The monoisotopic (exact) mass is 908 g/mol. The van der Waals surface area contributed by atoms with Gasteiger partial charge in [-0.1, -0.05) is 175 Å². The molecule has 0 bridgehead atoms. The summed E-state index contributed by atoms with van der Waals surface area (Å²) in [5, 5.41) is 11.7. The van der Waals surface area contributed by atoms with Gasteiger partial charge in [-0.2, -0.15) is 0 Å². The van der Waals surface area contributed by atoms with Gasteiger partial charge in [0.25, 0.3) is 0 Å². The zero-order valence-corrected chi connectivity index (χ0v) is 41.8. The molecule has 2 unspecified atom stereocenters. The number of carboxylic acids is 1. The van der Waals surface area contributed by atoms with E-state index in [9.17, 15) is 19.5 Å². The average Bonchev–Trinajstić information content (AvgIpc) is 3.27. The van der Waals surface area contributed by atoms with Crippen molar-refractivity contribution in [2.45, 2.75) is 193 Å². The fourth-order valence-corrected chi connectivity index (χ4v) is 6.46. The normalized spacial score (nSPS) is 13.7. The SMILES string of the molecule is CC/C=C\C/C=C\C/C=C\C/C=C\C/C=C\CCCCCCCCCCCCCC(=O)OC(COC(=O)CCCCC/C=C\C/C=C\C/C=C\CC)COC(OCC[N+](C)(C)C)C(=O)[O-]. The van der Waals surface area contributed by atoms with Gasteiger partial charge in [-0.25, -0.2) is 0 Å². The summed E-state index contributed by atoms with van der Waals surface area (Å²) in [5.41, 5.74) is 0. The van der Waals surface area contributed by atoms with Crippen LogP contribution in [0.25, 0.3) is 0 Å². The average molecular weight is 908 g/mol. The van der Waals surface area contributed by atoms with Crippen molar-refractivity contribution >= 4 is 17.9 Å². The molecule has 0 aromatic carbocycles. The highest BCUT2D eigenvalue weighted by Gasteiger charge is 2.21. The summed E-state index contributed by atoms with van der Waals surface area (Å²) in [5.74, 6) is -2.34. The van der Waals surface area contributed by atoms with Crippen LogP contribution >= 0.6 is 0 Å². The molecule has 0 fully saturated rings. The lowest BCUT2D eigenvalue weighted by molar-refractivity contribution is -0.870. The first-order valence-corrected chi connectivity index (χ1v) is 25.4. The number of hydrogen-bond donors (Lipinski definition) is 0. The molecule has 0 amide bonds. The van der Waals surface area contributed by atoms with Gasteiger partial charge < -0.3 is 33.3 Å². The number of quaternary nitrogens is 1. The van der Waals surface area contributed by atoms with E-state index >= 15 is 0 Å². The topological polar surface area (TPSA) is 111 Å². The zero-order valence-electron chi connectivity index (χ0n) is 41.8. The minimum absolute atomic E-state index is 0.137. The summed E-state index contributed by atoms with van der Waals surface area (Å²) in [7, 11) is 5.89. The predicted octanol–water partition coefficient (Wildman–Crippen LogP) is 12.9. The molecule has 0 aliphatic heterocycles. The molecule has 0 rings (SSSR count). The molecule has 0 aromatic heterocycles. The Balaban J connectivity index is 4.31. The number of nitrogens with zero attached hydrogens (tertiary/aromatic N) is 1. The maximum absolute atomic E-state index is 12.8. The second-order valence-electron chi connectivity index (χ2n) is 17.7. The number of aliphatic carboxylic acids is 1. The van der Waals surface area contributed by atoms with Crippen LogP contribution in [0.3, 0.4) is 0 Å². The van der Waals surface area contributed by atoms with Crippen molar-refractivity contribution < 1.29 is 42.9 Å². The highest BCUT2D eigenvalue weighted by Crippen LogP contribution is 2.14. The third-order valence-corrected chi connectivity index (χ3v) is 10.3. The Morgan fingerprint density at radius 1 is 0.462 bits per heavy atom. The van der Waals surface area contributed by atoms with Gasteiger partial charge >= 0.3 is 11.9 Å². The van der Waals surface area contributed by atoms with Crippen LogP contribution < -0.4 is 5.11 Å². The molecule has 0 aliphatic carbocycles. The van der Waals surface area contributed by atoms with Gasteiger partial charge in [-0.15, -0.1) is 0 Å². The number of carbonyl (C=O) groups excluding carboxylic acids is 3. The number of likely N-dealkylation sites (N-methyl/N-ethyl adjacent to an activating group) is 1. The minimum Gasteiger partial charge on any atom is -0.545 e. The lowest BCUT2D eigenvalue weighted by atomic mass is 10.0. The van der Waals surface area contributed by atoms with E-state index in [1.807, 2.05) is 21.1 Å². The van der Waals surface area contributed by atoms with E-state index < -0.39 is 30.3 Å². The maximum atomic E-state index is 12.8. The zero-order chi connectivity index (χ0) is 47.7. The minimum atomic E-state index is -1.63. The molecular weight excluding hydrogens is 815 g/mol. The van der Waals surface area contributed by atoms with Crippen LogP contribution in [0.4, 0.5) is 0 Å². The fourth-order valence-electron chi connectivity index (χ4n) is 6.46. The molecule has 0 heterocycles. The largest absolute Gasteiger partial charge is 0.545 e. The Labute approximate surface area is 397 Å². The van der Waals surface area contributed by atoms with E-state index in [0.717, 1.165) is 96.3 Å². The molecule has 0 aliphatic rings. The third kappa shape index (κ3) is 48.0. The molecule has 0 spiro atoms. The van der Waals surface area contributed by atoms with Crippen LogP contribution in [-0.4, -0.2) is 82.3 Å². The molecule has 9 heteroatoms. The van der Waals surface area contributed by atoms with Crippen molar-refractivity contribution in [2.24, 2.45) is 0 Å². The highest BCUT2D eigenvalue weighted by molar-refractivity contribution is 5.70. The molecule has 2 atom stereocenters. The molecule has 0 saturated heterocycles. The summed E-state index contributed by atoms with van der Waals surface area (Å²) in [6.45, 7) is 4.45. The van der Waals surface area contributed by atoms with Gasteiger partial charge in [0.2, 0.25) is 0 Å². The van der Waals surface area contributed by atoms with Crippen LogP contribution in [0, 0.1) is 0 Å². The smallest absolute Gasteiger partial charge is 0.306 e. The number of carboxylic acid groups (broad SMARTS) is 1. The number of hydrogen-bond acceptors (Lipinski definition) is 8. The molecular formula is C56H93NO8. The van der Waals surface area contributed by atoms with Crippen LogP contribution in [0.1, 0.15) is 181 Å². The molecule has 0 N–H and O–H groups in total. The van der Waals surface area contributed by atoms with Crippen molar-refractivity contribution in [3.63, 3.8) is 0 Å². The molecule has 0 radical (unpaired) electrons. The standard InChI is InChI=1S/C56H93NO8/c1-6-8-10-12-14-16-18-20-21-22-23-24-25-26-27-28-29-30-31-32-33-35-37-39-41-43-45-47-54(59)65-52(51-64-56(55(60)61)62-49-48-57(3,4)5)50-63-53(58)46-44-42-40-38-36-34-19-17-15-13-11-9-7-2/h8-11,14-17,20-21,23-24,26-27,34,36,52,56H,6-7,12-13,18-19,22,25,28-33,35,37-51H2,1-5H3/b10-8-,11-9-,16-14-,17-15-,21-20-,24-23-,27-26-,36-34-. The first-order chi connectivity index (χ1) is 31.6. The van der Waals surface area contributed by atoms with Gasteiger partial charge in [0.05, 0.1) is 40.3 Å². The number of rotatable bonds is 45. The first kappa shape index (κ1) is 61.2. The first-order valence-electron chi connectivity index (χ1n) is 25.4. The van der Waals surface area contributed by atoms with E-state index in [-0.39, 0.29) is 32.7 Å². The Morgan fingerprint density at radius 3 is 1.25 bits per heavy atom. The van der Waals surface area contributed by atoms with Crippen molar-refractivity contribution in [3.05, 3.63) is 97.2 Å². The fraction of sp³-hybridized carbons (Fsp3) is 0.661. The number of allylic oxidation sites excluding steroid dienone is 16. The number of esters is 2. The maximum Gasteiger partial charge on any atom is 0.306 e. The van der Waals surface area contributed by atoms with Crippen molar-refractivity contribution in [1.29, 1.82) is 0 Å². The van der Waals surface area contributed by atoms with Crippen molar-refractivity contribution in [1.82, 2.24) is 0 Å². The van der Waals surface area contributed by atoms with Gasteiger partial charge in [-0.05, 0) is 89.9 Å². The summed E-state index contributed by atoms with van der Waals surface area (Å²) < 4.78 is 22.6. The van der Waals surface area contributed by atoms with E-state index in [0.29, 0.717) is 23.9 Å². The summed E-state index contributed by atoms with van der Waals surface area (Å²) in [6.07, 6.45) is 58.8. The molecule has 9 nitrogen and oxygen atoms in total. The molecule has 0 aromatic rings. The summed E-state index contributed by atoms with van der Waals surface area (Å²) >= 11 is 0. The Hall–Kier alpha value is -3.79. The van der Waals surface area contributed by atoms with Crippen molar-refractivity contribution in [3.8, 4) is 0 Å². The molecule has 0 saturated carbocycles. The highest BCUT2D eigenvalue weighted by atomic mass is 16.7. The van der Waals surface area contributed by atoms with Crippen LogP contribution in [-0.2, 0) is 33.3 Å². The molecule has 65 heavy (non-hydrogen) atoms. The van der Waals surface area contributed by atoms with Crippen LogP contribution in [0.2, 0.25) is 0 Å². The number of carbonyl (C=O) groups is 3. The van der Waals surface area contributed by atoms with Gasteiger partial charge in [0, 0.05) is 12.8 Å². The van der Waals surface area contributed by atoms with E-state index in [1.54, 1.807) is 0 Å². The van der Waals surface area contributed by atoms with E-state index in [1.165, 1.54) is 44.9 Å². The van der Waals surface area contributed by atoms with Gasteiger partial charge in [0.1, 0.15) is 13.2 Å². The Kier molecular flexibility index (Phi) is 44.0. The third-order valence-electron chi connectivity index (χ3n) is 10.3. The quantitative estimate of drug-likeness (QED) is 0.0195. The summed E-state index contributed by atoms with van der Waals surface area (Å²) in [6, 6.07) is 0. The Morgan fingerprint density at radius 2 is 0.831 bits per heavy atom. The number of unbranched alkanes of at least 4 members (excludes halogenated alkanes) is 14. The second-order valence-corrected chi connectivity index (χ2v) is 17.7. The van der Waals surface area contributed by atoms with Crippen LogP contribution in [0.5, 0.6) is 0 Å². The molecule has 370 valence electrons. The summed E-state index contributed by atoms with van der Waals surface area (Å²) in [4.78, 5) is 37.1. The Bertz CT molecular complexity index is 1380. The lowest BCUT2D eigenvalue weighted by Gasteiger charge is -2.26. The van der Waals surface area contributed by atoms with E-state index in [4.69, 9.17) is 18.9 Å². The van der Waals surface area contributed by atoms with Crippen LogP contribution in [0.15, 0.2) is 97.2 Å². The van der Waals surface area contributed by atoms with Gasteiger partial charge in [-0.3, -0.25) is 9.59 Å². The lowest BCUT2D eigenvalue weighted by Crippen LogP contribution is -2.44. The predicted molar refractivity (Wildman–Crippen MR) is 269 cm³/mol. The van der Waals surface area contributed by atoms with E-state index in [2.05, 4.69) is 111 Å². The van der Waals surface area contributed by atoms with Crippen molar-refractivity contribution in [2.75, 3.05) is 47.5 Å². The van der Waals surface area contributed by atoms with Gasteiger partial charge in [0.15, 0.2) is 12.4 Å². The second kappa shape index (κ2) is 46.7.